The molecule has 2 heterocycles. The van der Waals surface area contributed by atoms with Crippen LogP contribution in [0.1, 0.15) is 5.01 Å². The fourth-order valence-electron chi connectivity index (χ4n) is 1.84. The van der Waals surface area contributed by atoms with Gasteiger partial charge in [0.15, 0.2) is 11.1 Å². The fourth-order valence-corrected chi connectivity index (χ4v) is 2.63. The molecule has 0 aliphatic rings. The van der Waals surface area contributed by atoms with E-state index in [-0.39, 0.29) is 0 Å². The molecule has 0 aliphatic carbocycles. The van der Waals surface area contributed by atoms with Crippen molar-refractivity contribution in [3.8, 4) is 17.3 Å². The van der Waals surface area contributed by atoms with E-state index in [2.05, 4.69) is 9.97 Å². The SMILES string of the molecule is COc1cccc2oc(-c3csc(CCN)n3)nc12. The molecule has 0 atom stereocenters. The highest BCUT2D eigenvalue weighted by molar-refractivity contribution is 7.09. The van der Waals surface area contributed by atoms with Crippen LogP contribution in [-0.2, 0) is 6.42 Å². The van der Waals surface area contributed by atoms with Gasteiger partial charge < -0.3 is 14.9 Å². The van der Waals surface area contributed by atoms with Crippen LogP contribution in [0.2, 0.25) is 0 Å². The molecule has 0 amide bonds. The molecule has 0 unspecified atom stereocenters. The second-order valence-corrected chi connectivity index (χ2v) is 4.93. The molecule has 98 valence electrons. The summed E-state index contributed by atoms with van der Waals surface area (Å²) in [6, 6.07) is 5.59. The van der Waals surface area contributed by atoms with Crippen LogP contribution in [0, 0.1) is 0 Å². The number of thiazole rings is 1. The molecule has 19 heavy (non-hydrogen) atoms. The molecule has 5 nitrogen and oxygen atoms in total. The van der Waals surface area contributed by atoms with Gasteiger partial charge in [-0.2, -0.15) is 0 Å². The summed E-state index contributed by atoms with van der Waals surface area (Å²) in [7, 11) is 1.62. The molecule has 2 aromatic heterocycles. The Hall–Kier alpha value is -1.92. The van der Waals surface area contributed by atoms with Crippen molar-refractivity contribution in [1.29, 1.82) is 0 Å². The Labute approximate surface area is 114 Å². The van der Waals surface area contributed by atoms with Gasteiger partial charge in [-0.1, -0.05) is 6.07 Å². The number of hydrogen-bond donors (Lipinski definition) is 1. The Kier molecular flexibility index (Phi) is 3.18. The average Bonchev–Trinajstić information content (AvgIpc) is 3.04. The molecule has 0 saturated heterocycles. The van der Waals surface area contributed by atoms with Gasteiger partial charge in [0.2, 0.25) is 5.89 Å². The Morgan fingerprint density at radius 1 is 1.37 bits per heavy atom. The van der Waals surface area contributed by atoms with E-state index in [9.17, 15) is 0 Å². The van der Waals surface area contributed by atoms with Crippen LogP contribution in [-0.4, -0.2) is 23.6 Å². The lowest BCUT2D eigenvalue weighted by Gasteiger charge is -1.96. The number of hydrogen-bond acceptors (Lipinski definition) is 6. The first kappa shape index (κ1) is 12.1. The summed E-state index contributed by atoms with van der Waals surface area (Å²) >= 11 is 1.57. The first-order chi connectivity index (χ1) is 9.31. The Bertz CT molecular complexity index is 705. The van der Waals surface area contributed by atoms with E-state index in [1.807, 2.05) is 23.6 Å². The molecular formula is C13H13N3O2S. The second-order valence-electron chi connectivity index (χ2n) is 3.99. The van der Waals surface area contributed by atoms with Gasteiger partial charge in [-0.3, -0.25) is 0 Å². The maximum atomic E-state index is 5.71. The molecule has 0 fully saturated rings. The van der Waals surface area contributed by atoms with Gasteiger partial charge in [0.05, 0.1) is 12.1 Å². The molecule has 0 bridgehead atoms. The number of benzene rings is 1. The summed E-state index contributed by atoms with van der Waals surface area (Å²) in [5, 5.41) is 2.93. The van der Waals surface area contributed by atoms with E-state index < -0.39 is 0 Å². The highest BCUT2D eigenvalue weighted by Crippen LogP contribution is 2.30. The number of para-hydroxylation sites is 1. The minimum atomic E-state index is 0.513. The number of rotatable bonds is 4. The van der Waals surface area contributed by atoms with Crippen LogP contribution in [0.3, 0.4) is 0 Å². The average molecular weight is 275 g/mol. The largest absolute Gasteiger partial charge is 0.494 e. The lowest BCUT2D eigenvalue weighted by molar-refractivity contribution is 0.419. The predicted molar refractivity (Wildman–Crippen MR) is 74.4 cm³/mol. The number of oxazole rings is 1. The van der Waals surface area contributed by atoms with E-state index in [1.165, 1.54) is 0 Å². The van der Waals surface area contributed by atoms with Crippen molar-refractivity contribution >= 4 is 22.4 Å². The predicted octanol–water partition coefficient (Wildman–Crippen LogP) is 2.46. The second kappa shape index (κ2) is 4.99. The Balaban J connectivity index is 2.04. The molecule has 0 aliphatic heterocycles. The zero-order chi connectivity index (χ0) is 13.2. The quantitative estimate of drug-likeness (QED) is 0.791. The molecule has 0 spiro atoms. The van der Waals surface area contributed by atoms with Gasteiger partial charge in [0, 0.05) is 11.8 Å². The van der Waals surface area contributed by atoms with E-state index in [4.69, 9.17) is 14.9 Å². The van der Waals surface area contributed by atoms with E-state index in [0.29, 0.717) is 29.3 Å². The van der Waals surface area contributed by atoms with Gasteiger partial charge in [-0.25, -0.2) is 9.97 Å². The third kappa shape index (κ3) is 2.20. The van der Waals surface area contributed by atoms with Crippen molar-refractivity contribution in [2.24, 2.45) is 5.73 Å². The van der Waals surface area contributed by atoms with Crippen LogP contribution < -0.4 is 10.5 Å². The molecule has 3 rings (SSSR count). The van der Waals surface area contributed by atoms with Crippen molar-refractivity contribution < 1.29 is 9.15 Å². The first-order valence-corrected chi connectivity index (χ1v) is 6.78. The van der Waals surface area contributed by atoms with Crippen molar-refractivity contribution in [3.63, 3.8) is 0 Å². The van der Waals surface area contributed by atoms with E-state index in [1.54, 1.807) is 18.4 Å². The number of fused-ring (bicyclic) bond motifs is 1. The van der Waals surface area contributed by atoms with Crippen LogP contribution in [0.15, 0.2) is 28.0 Å². The number of nitrogens with zero attached hydrogens (tertiary/aromatic N) is 2. The van der Waals surface area contributed by atoms with Crippen LogP contribution in [0.25, 0.3) is 22.7 Å². The van der Waals surface area contributed by atoms with Crippen LogP contribution in [0.5, 0.6) is 5.75 Å². The molecule has 2 N–H and O–H groups in total. The molecule has 3 aromatic rings. The summed E-state index contributed by atoms with van der Waals surface area (Å²) < 4.78 is 11.0. The normalized spacial score (nSPS) is 11.1. The van der Waals surface area contributed by atoms with Crippen molar-refractivity contribution in [1.82, 2.24) is 9.97 Å². The monoisotopic (exact) mass is 275 g/mol. The standard InChI is InChI=1S/C13H13N3O2S/c1-17-9-3-2-4-10-12(9)16-13(18-10)8-7-19-11(15-8)5-6-14/h2-4,7H,5-6,14H2,1H3. The minimum absolute atomic E-state index is 0.513. The van der Waals surface area contributed by atoms with Gasteiger partial charge >= 0.3 is 0 Å². The third-order valence-electron chi connectivity index (χ3n) is 2.73. The number of ether oxygens (including phenoxy) is 1. The summed E-state index contributed by atoms with van der Waals surface area (Å²) in [6.45, 7) is 0.592. The van der Waals surface area contributed by atoms with Crippen molar-refractivity contribution in [2.75, 3.05) is 13.7 Å². The molecule has 0 saturated carbocycles. The van der Waals surface area contributed by atoms with Gasteiger partial charge in [-0.15, -0.1) is 11.3 Å². The topological polar surface area (TPSA) is 74.2 Å². The number of methoxy groups -OCH3 is 1. The molecule has 6 heteroatoms. The highest BCUT2D eigenvalue weighted by Gasteiger charge is 2.14. The molecule has 0 radical (unpaired) electrons. The minimum Gasteiger partial charge on any atom is -0.494 e. The summed E-state index contributed by atoms with van der Waals surface area (Å²) in [5.74, 6) is 1.21. The Morgan fingerprint density at radius 2 is 2.26 bits per heavy atom. The smallest absolute Gasteiger partial charge is 0.247 e. The van der Waals surface area contributed by atoms with E-state index >= 15 is 0 Å². The van der Waals surface area contributed by atoms with E-state index in [0.717, 1.165) is 17.1 Å². The van der Waals surface area contributed by atoms with Crippen LogP contribution >= 0.6 is 11.3 Å². The van der Waals surface area contributed by atoms with Crippen molar-refractivity contribution in [3.05, 3.63) is 28.6 Å². The Morgan fingerprint density at radius 3 is 3.05 bits per heavy atom. The fraction of sp³-hybridized carbons (Fsp3) is 0.231. The van der Waals surface area contributed by atoms with Gasteiger partial charge in [0.1, 0.15) is 11.4 Å². The third-order valence-corrected chi connectivity index (χ3v) is 3.64. The lowest BCUT2D eigenvalue weighted by Crippen LogP contribution is -2.01. The molecular weight excluding hydrogens is 262 g/mol. The van der Waals surface area contributed by atoms with Crippen LogP contribution in [0.4, 0.5) is 0 Å². The highest BCUT2D eigenvalue weighted by atomic mass is 32.1. The van der Waals surface area contributed by atoms with Crippen molar-refractivity contribution in [2.45, 2.75) is 6.42 Å². The van der Waals surface area contributed by atoms with Gasteiger partial charge in [0.25, 0.3) is 0 Å². The first-order valence-electron chi connectivity index (χ1n) is 5.90. The number of aromatic nitrogens is 2. The number of nitrogens with two attached hydrogens (primary N) is 1. The maximum absolute atomic E-state index is 5.71. The summed E-state index contributed by atoms with van der Waals surface area (Å²) in [5.41, 5.74) is 7.67. The zero-order valence-electron chi connectivity index (χ0n) is 10.4. The zero-order valence-corrected chi connectivity index (χ0v) is 11.2. The van der Waals surface area contributed by atoms with Gasteiger partial charge in [-0.05, 0) is 18.7 Å². The summed E-state index contributed by atoms with van der Waals surface area (Å²) in [6.07, 6.45) is 0.772. The molecule has 1 aromatic carbocycles. The summed E-state index contributed by atoms with van der Waals surface area (Å²) in [4.78, 5) is 8.91. The maximum Gasteiger partial charge on any atom is 0.247 e. The lowest BCUT2D eigenvalue weighted by atomic mass is 10.3.